The number of amides is 1. The molecule has 0 bridgehead atoms. The van der Waals surface area contributed by atoms with Gasteiger partial charge in [0.05, 0.1) is 12.8 Å². The molecule has 0 atom stereocenters. The van der Waals surface area contributed by atoms with Gasteiger partial charge in [0.1, 0.15) is 11.6 Å². The van der Waals surface area contributed by atoms with Gasteiger partial charge in [-0.1, -0.05) is 18.2 Å². The summed E-state index contributed by atoms with van der Waals surface area (Å²) in [5.41, 5.74) is 2.42. The zero-order chi connectivity index (χ0) is 20.1. The first-order chi connectivity index (χ1) is 13.5. The van der Waals surface area contributed by atoms with E-state index in [4.69, 9.17) is 4.74 Å². The fraction of sp³-hybridized carbons (Fsp3) is 0.238. The molecule has 6 nitrogen and oxygen atoms in total. The van der Waals surface area contributed by atoms with Gasteiger partial charge in [-0.15, -0.1) is 0 Å². The minimum absolute atomic E-state index is 0.153. The minimum Gasteiger partial charge on any atom is -0.496 e. The highest BCUT2D eigenvalue weighted by atomic mass is 19.1. The van der Waals surface area contributed by atoms with Gasteiger partial charge in [0, 0.05) is 29.8 Å². The van der Waals surface area contributed by atoms with E-state index in [0.717, 1.165) is 5.56 Å². The lowest BCUT2D eigenvalue weighted by Crippen LogP contribution is -2.24. The highest BCUT2D eigenvalue weighted by Crippen LogP contribution is 2.16. The first-order valence-electron chi connectivity index (χ1n) is 8.94. The van der Waals surface area contributed by atoms with Crippen LogP contribution in [-0.4, -0.2) is 22.8 Å². The molecule has 2 N–H and O–H groups in total. The largest absolute Gasteiger partial charge is 0.496 e. The summed E-state index contributed by atoms with van der Waals surface area (Å²) in [6, 6.07) is 13.1. The number of benzene rings is 2. The van der Waals surface area contributed by atoms with Crippen molar-refractivity contribution in [3.63, 3.8) is 0 Å². The van der Waals surface area contributed by atoms with Gasteiger partial charge in [0.2, 0.25) is 5.91 Å². The number of hydrogen-bond acceptors (Lipinski definition) is 3. The van der Waals surface area contributed by atoms with Crippen molar-refractivity contribution >= 4 is 5.91 Å². The van der Waals surface area contributed by atoms with Crippen LogP contribution in [0, 0.1) is 12.7 Å². The topological polar surface area (TPSA) is 76.1 Å². The number of para-hydroxylation sites is 1. The normalized spacial score (nSPS) is 10.7. The van der Waals surface area contributed by atoms with Crippen LogP contribution < -0.4 is 15.6 Å². The molecule has 146 valence electrons. The molecule has 28 heavy (non-hydrogen) atoms. The third-order valence-electron chi connectivity index (χ3n) is 4.55. The summed E-state index contributed by atoms with van der Waals surface area (Å²) in [7, 11) is 1.58. The molecule has 3 aromatic rings. The number of aromatic amines is 1. The molecule has 1 aromatic heterocycles. The van der Waals surface area contributed by atoms with Crippen LogP contribution in [-0.2, 0) is 17.8 Å². The fourth-order valence-corrected chi connectivity index (χ4v) is 3.02. The molecule has 0 fully saturated rings. The standard InChI is InChI=1S/C21H22FN3O3/c1-14-18(21(27)25(24-14)17-9-7-16(22)8-10-17)11-12-20(26)23-13-15-5-3-4-6-19(15)28-2/h3-10,24H,11-13H2,1-2H3,(H,23,26). The zero-order valence-electron chi connectivity index (χ0n) is 15.8. The van der Waals surface area contributed by atoms with Gasteiger partial charge in [-0.05, 0) is 43.7 Å². The van der Waals surface area contributed by atoms with Gasteiger partial charge < -0.3 is 10.1 Å². The van der Waals surface area contributed by atoms with Crippen molar-refractivity contribution in [2.75, 3.05) is 7.11 Å². The molecular weight excluding hydrogens is 361 g/mol. The third-order valence-corrected chi connectivity index (χ3v) is 4.55. The predicted octanol–water partition coefficient (Wildman–Crippen LogP) is 2.87. The van der Waals surface area contributed by atoms with E-state index < -0.39 is 0 Å². The van der Waals surface area contributed by atoms with Crippen LogP contribution >= 0.6 is 0 Å². The van der Waals surface area contributed by atoms with Crippen LogP contribution in [0.4, 0.5) is 4.39 Å². The molecular formula is C21H22FN3O3. The summed E-state index contributed by atoms with van der Waals surface area (Å²) in [6.07, 6.45) is 0.500. The molecule has 0 saturated heterocycles. The number of hydrogen-bond donors (Lipinski definition) is 2. The molecule has 1 heterocycles. The number of aryl methyl sites for hydroxylation is 1. The van der Waals surface area contributed by atoms with E-state index in [1.54, 1.807) is 14.0 Å². The number of ether oxygens (including phenoxy) is 1. The smallest absolute Gasteiger partial charge is 0.274 e. The Balaban J connectivity index is 1.63. The quantitative estimate of drug-likeness (QED) is 0.659. The number of nitrogens with one attached hydrogen (secondary N) is 2. The average molecular weight is 383 g/mol. The Labute approximate surface area is 161 Å². The Morgan fingerprint density at radius 1 is 1.18 bits per heavy atom. The number of H-pyrrole nitrogens is 1. The van der Waals surface area contributed by atoms with E-state index in [2.05, 4.69) is 10.4 Å². The Hall–Kier alpha value is -3.35. The molecule has 0 unspecified atom stereocenters. The van der Waals surface area contributed by atoms with Crippen molar-refractivity contribution in [1.82, 2.24) is 15.1 Å². The van der Waals surface area contributed by atoms with Crippen molar-refractivity contribution in [3.05, 3.63) is 81.5 Å². The van der Waals surface area contributed by atoms with Crippen molar-refractivity contribution in [2.45, 2.75) is 26.3 Å². The van der Waals surface area contributed by atoms with E-state index in [9.17, 15) is 14.0 Å². The summed E-state index contributed by atoms with van der Waals surface area (Å²) in [6.45, 7) is 2.14. The highest BCUT2D eigenvalue weighted by Gasteiger charge is 2.14. The molecule has 0 aliphatic heterocycles. The molecule has 0 spiro atoms. The minimum atomic E-state index is -0.369. The van der Waals surface area contributed by atoms with E-state index in [-0.39, 0.29) is 23.7 Å². The lowest BCUT2D eigenvalue weighted by Gasteiger charge is -2.09. The number of aromatic nitrogens is 2. The van der Waals surface area contributed by atoms with Crippen molar-refractivity contribution < 1.29 is 13.9 Å². The molecule has 0 radical (unpaired) electrons. The second-order valence-corrected chi connectivity index (χ2v) is 6.42. The maximum absolute atomic E-state index is 13.1. The van der Waals surface area contributed by atoms with Gasteiger partial charge in [0.25, 0.3) is 5.56 Å². The van der Waals surface area contributed by atoms with E-state index in [1.165, 1.54) is 28.9 Å². The van der Waals surface area contributed by atoms with E-state index in [0.29, 0.717) is 35.7 Å². The third kappa shape index (κ3) is 4.31. The lowest BCUT2D eigenvalue weighted by molar-refractivity contribution is -0.121. The average Bonchev–Trinajstić information content (AvgIpc) is 2.99. The van der Waals surface area contributed by atoms with Gasteiger partial charge in [-0.3, -0.25) is 14.7 Å². The Morgan fingerprint density at radius 2 is 1.89 bits per heavy atom. The summed E-state index contributed by atoms with van der Waals surface area (Å²) in [5, 5.41) is 5.83. The van der Waals surface area contributed by atoms with E-state index >= 15 is 0 Å². The van der Waals surface area contributed by atoms with Crippen LogP contribution in [0.3, 0.4) is 0 Å². The highest BCUT2D eigenvalue weighted by molar-refractivity contribution is 5.76. The summed E-state index contributed by atoms with van der Waals surface area (Å²) < 4.78 is 19.7. The SMILES string of the molecule is COc1ccccc1CNC(=O)CCc1c(C)[nH]n(-c2ccc(F)cc2)c1=O. The maximum atomic E-state index is 13.1. The molecule has 7 heteroatoms. The van der Waals surface area contributed by atoms with Crippen LogP contribution in [0.5, 0.6) is 5.75 Å². The second kappa shape index (κ2) is 8.56. The van der Waals surface area contributed by atoms with Crippen molar-refractivity contribution in [3.8, 4) is 11.4 Å². The first kappa shape index (κ1) is 19.4. The number of carbonyl (C=O) groups is 1. The maximum Gasteiger partial charge on any atom is 0.274 e. The Bertz CT molecular complexity index is 1020. The molecule has 3 rings (SSSR count). The van der Waals surface area contributed by atoms with Crippen molar-refractivity contribution in [1.29, 1.82) is 0 Å². The Kier molecular flexibility index (Phi) is 5.93. The second-order valence-electron chi connectivity index (χ2n) is 6.42. The number of nitrogens with zero attached hydrogens (tertiary/aromatic N) is 1. The number of halogens is 1. The first-order valence-corrected chi connectivity index (χ1v) is 8.94. The molecule has 0 aliphatic rings. The lowest BCUT2D eigenvalue weighted by atomic mass is 10.1. The summed E-state index contributed by atoms with van der Waals surface area (Å²) in [4.78, 5) is 24.9. The monoisotopic (exact) mass is 383 g/mol. The predicted molar refractivity (Wildman–Crippen MR) is 104 cm³/mol. The van der Waals surface area contributed by atoms with Gasteiger partial charge in [-0.25, -0.2) is 9.07 Å². The van der Waals surface area contributed by atoms with Crippen LogP contribution in [0.25, 0.3) is 5.69 Å². The summed E-state index contributed by atoms with van der Waals surface area (Å²) >= 11 is 0. The van der Waals surface area contributed by atoms with Gasteiger partial charge in [0.15, 0.2) is 0 Å². The van der Waals surface area contributed by atoms with Gasteiger partial charge in [-0.2, -0.15) is 0 Å². The molecule has 1 amide bonds. The molecule has 0 saturated carbocycles. The van der Waals surface area contributed by atoms with Crippen LogP contribution in [0.15, 0.2) is 53.3 Å². The molecule has 2 aromatic carbocycles. The number of carbonyl (C=O) groups excluding carboxylic acids is 1. The van der Waals surface area contributed by atoms with Crippen molar-refractivity contribution in [2.24, 2.45) is 0 Å². The fourth-order valence-electron chi connectivity index (χ4n) is 3.02. The van der Waals surface area contributed by atoms with Crippen LogP contribution in [0.2, 0.25) is 0 Å². The zero-order valence-corrected chi connectivity index (χ0v) is 15.8. The van der Waals surface area contributed by atoms with E-state index in [1.807, 2.05) is 24.3 Å². The van der Waals surface area contributed by atoms with Gasteiger partial charge >= 0.3 is 0 Å². The Morgan fingerprint density at radius 3 is 2.61 bits per heavy atom. The molecule has 0 aliphatic carbocycles. The summed E-state index contributed by atoms with van der Waals surface area (Å²) in [5.74, 6) is 0.192. The number of rotatable bonds is 7. The van der Waals surface area contributed by atoms with Crippen LogP contribution in [0.1, 0.15) is 23.2 Å². The number of methoxy groups -OCH3 is 1.